The third-order valence-corrected chi connectivity index (χ3v) is 1.24. The van der Waals surface area contributed by atoms with Crippen LogP contribution in [0.1, 0.15) is 27.7 Å². The van der Waals surface area contributed by atoms with Crippen LogP contribution in [-0.4, -0.2) is 12.1 Å². The van der Waals surface area contributed by atoms with Crippen LogP contribution >= 0.6 is 0 Å². The summed E-state index contributed by atoms with van der Waals surface area (Å²) in [4.78, 5) is 26.7. The van der Waals surface area contributed by atoms with Crippen molar-refractivity contribution in [2.24, 2.45) is 11.8 Å². The number of carboxylic acids is 1. The van der Waals surface area contributed by atoms with Crippen LogP contribution in [0.5, 0.6) is 0 Å². The van der Waals surface area contributed by atoms with Gasteiger partial charge >= 0.3 is 65.3 Å². The predicted molar refractivity (Wildman–Crippen MR) is 46.4 cm³/mol. The average Bonchev–Trinajstić information content (AvgIpc) is 2.00. The van der Waals surface area contributed by atoms with E-state index in [1.807, 2.05) is 27.7 Å². The van der Waals surface area contributed by atoms with Crippen LogP contribution in [0.4, 0.5) is 0 Å². The molecular formula is C10H14Na2O4. The monoisotopic (exact) mass is 244 g/mol. The Kier molecular flexibility index (Phi) is 24.8. The Bertz CT molecular complexity index is 241. The van der Waals surface area contributed by atoms with E-state index in [9.17, 15) is 9.90 Å². The first kappa shape index (κ1) is 25.4. The van der Waals surface area contributed by atoms with Gasteiger partial charge in [-0.1, -0.05) is 33.6 Å². The van der Waals surface area contributed by atoms with Gasteiger partial charge in [-0.05, 0) is 0 Å². The van der Waals surface area contributed by atoms with E-state index in [-0.39, 0.29) is 82.7 Å². The van der Waals surface area contributed by atoms with Gasteiger partial charge in [-0.3, -0.25) is 6.08 Å². The Hall–Kier alpha value is 0.590. The van der Waals surface area contributed by atoms with Gasteiger partial charge in [-0.25, -0.2) is 5.57 Å². The summed E-state index contributed by atoms with van der Waals surface area (Å²) >= 11 is 0. The molecule has 0 aromatic carbocycles. The van der Waals surface area contributed by atoms with Crippen LogP contribution in [0.15, 0.2) is 5.57 Å². The molecule has 80 valence electrons. The van der Waals surface area contributed by atoms with Gasteiger partial charge < -0.3 is 9.90 Å². The zero-order valence-corrected chi connectivity index (χ0v) is 14.8. The fourth-order valence-corrected chi connectivity index (χ4v) is 0.772. The fourth-order valence-electron chi connectivity index (χ4n) is 0.772. The van der Waals surface area contributed by atoms with Crippen molar-refractivity contribution in [1.82, 2.24) is 0 Å². The zero-order valence-electron chi connectivity index (χ0n) is 10.8. The Morgan fingerprint density at radius 2 is 1.44 bits per heavy atom. The molecule has 0 amide bonds. The molecule has 0 heterocycles. The fraction of sp³-hybridized carbons (Fsp3) is 0.600. The van der Waals surface area contributed by atoms with Crippen LogP contribution < -0.4 is 64.2 Å². The Morgan fingerprint density at radius 3 is 1.50 bits per heavy atom. The second kappa shape index (κ2) is 15.6. The van der Waals surface area contributed by atoms with Crippen molar-refractivity contribution in [3.63, 3.8) is 0 Å². The molecular weight excluding hydrogens is 230 g/mol. The van der Waals surface area contributed by atoms with Crippen LogP contribution in [0.2, 0.25) is 0 Å². The van der Waals surface area contributed by atoms with Gasteiger partial charge in [0.2, 0.25) is 0 Å². The topological polar surface area (TPSA) is 74.3 Å². The SMILES string of the molecule is CC(C)[C-]=C(C(=O)[O-])C(C)C.O=C=O.[Na+].[Na+]. The first-order chi connectivity index (χ1) is 6.36. The van der Waals surface area contributed by atoms with Gasteiger partial charge in [0.05, 0.1) is 0 Å². The first-order valence-electron chi connectivity index (χ1n) is 4.20. The van der Waals surface area contributed by atoms with E-state index in [4.69, 9.17) is 9.59 Å². The number of carboxylic acid groups (broad SMARTS) is 1. The maximum absolute atomic E-state index is 10.5. The summed E-state index contributed by atoms with van der Waals surface area (Å²) in [6.07, 6.45) is 3.08. The number of aliphatic carboxylic acids is 1. The van der Waals surface area contributed by atoms with Gasteiger partial charge in [0.25, 0.3) is 0 Å². The molecule has 0 N–H and O–H groups in total. The minimum absolute atomic E-state index is 0. The summed E-state index contributed by atoms with van der Waals surface area (Å²) in [5.74, 6) is -0.971. The standard InChI is InChI=1S/C9H15O2.CO2.2Na/c1-6(2)5-8(7(3)4)9(10)11;2-1-3;;/h6-7H,1-4H3,(H,10,11);;;/q-1;;2*+1/p-1. The molecule has 0 saturated heterocycles. The number of carbonyl (C=O) groups is 1. The van der Waals surface area contributed by atoms with Gasteiger partial charge in [0.1, 0.15) is 0 Å². The van der Waals surface area contributed by atoms with Gasteiger partial charge in [0, 0.05) is 0 Å². The third-order valence-electron chi connectivity index (χ3n) is 1.24. The molecule has 0 aromatic rings. The number of hydrogen-bond donors (Lipinski definition) is 0. The van der Waals surface area contributed by atoms with Crippen molar-refractivity contribution < 1.29 is 78.6 Å². The molecule has 0 fully saturated rings. The van der Waals surface area contributed by atoms with Crippen molar-refractivity contribution in [2.45, 2.75) is 27.7 Å². The molecule has 0 atom stereocenters. The summed E-state index contributed by atoms with van der Waals surface area (Å²) in [5, 5.41) is 10.5. The smallest absolute Gasteiger partial charge is 0.658 e. The van der Waals surface area contributed by atoms with E-state index < -0.39 is 5.97 Å². The predicted octanol–water partition coefficient (Wildman–Crippen LogP) is -5.80. The minimum Gasteiger partial charge on any atom is -0.658 e. The second-order valence-corrected chi connectivity index (χ2v) is 3.24. The van der Waals surface area contributed by atoms with Crippen LogP contribution in [0.3, 0.4) is 0 Å². The van der Waals surface area contributed by atoms with Crippen molar-refractivity contribution in [2.75, 3.05) is 0 Å². The van der Waals surface area contributed by atoms with E-state index in [0.717, 1.165) is 0 Å². The molecule has 0 aromatic heterocycles. The Labute approximate surface area is 140 Å². The Morgan fingerprint density at radius 1 is 1.12 bits per heavy atom. The van der Waals surface area contributed by atoms with Gasteiger partial charge in [-0.2, -0.15) is 9.59 Å². The Balaban J connectivity index is -0.000000129. The molecule has 0 radical (unpaired) electrons. The van der Waals surface area contributed by atoms with E-state index in [1.54, 1.807) is 0 Å². The summed E-state index contributed by atoms with van der Waals surface area (Å²) in [7, 11) is 0. The van der Waals surface area contributed by atoms with E-state index in [2.05, 4.69) is 6.08 Å². The summed E-state index contributed by atoms with van der Waals surface area (Å²) < 4.78 is 0. The molecule has 0 aliphatic carbocycles. The summed E-state index contributed by atoms with van der Waals surface area (Å²) in [6.45, 7) is 7.43. The van der Waals surface area contributed by atoms with E-state index >= 15 is 0 Å². The maximum Gasteiger partial charge on any atom is 1.00 e. The molecule has 16 heavy (non-hydrogen) atoms. The van der Waals surface area contributed by atoms with Gasteiger partial charge in [-0.15, -0.1) is 11.9 Å². The largest absolute Gasteiger partial charge is 1.00 e. The molecule has 0 bridgehead atoms. The zero-order chi connectivity index (χ0) is 11.7. The molecule has 0 rings (SSSR count). The molecule has 0 aliphatic rings. The molecule has 0 saturated carbocycles. The first-order valence-corrected chi connectivity index (χ1v) is 4.20. The number of allylic oxidation sites excluding steroid dienone is 1. The summed E-state index contributed by atoms with van der Waals surface area (Å²) in [6, 6.07) is 0. The van der Waals surface area contributed by atoms with Crippen LogP contribution in [-0.2, 0) is 14.4 Å². The molecule has 6 heteroatoms. The number of rotatable bonds is 3. The maximum atomic E-state index is 10.5. The molecule has 4 nitrogen and oxygen atoms in total. The average molecular weight is 244 g/mol. The van der Waals surface area contributed by atoms with E-state index in [1.165, 1.54) is 0 Å². The van der Waals surface area contributed by atoms with Crippen LogP contribution in [0.25, 0.3) is 0 Å². The van der Waals surface area contributed by atoms with Crippen LogP contribution in [0, 0.1) is 17.9 Å². The number of hydrogen-bond acceptors (Lipinski definition) is 4. The normalized spacial score (nSPS) is 9.25. The molecule has 0 aliphatic heterocycles. The second-order valence-electron chi connectivity index (χ2n) is 3.24. The van der Waals surface area contributed by atoms with Gasteiger partial charge in [0.15, 0.2) is 0 Å². The van der Waals surface area contributed by atoms with Crippen molar-refractivity contribution in [3.8, 4) is 0 Å². The minimum atomic E-state index is -1.10. The molecule has 0 spiro atoms. The summed E-state index contributed by atoms with van der Waals surface area (Å²) in [5.41, 5.74) is 0.278. The number of carbonyl (C=O) groups excluding carboxylic acids is 3. The third kappa shape index (κ3) is 17.0. The van der Waals surface area contributed by atoms with Crippen molar-refractivity contribution >= 4 is 12.1 Å². The van der Waals surface area contributed by atoms with Crippen molar-refractivity contribution in [1.29, 1.82) is 0 Å². The quantitative estimate of drug-likeness (QED) is 0.281. The van der Waals surface area contributed by atoms with Crippen molar-refractivity contribution in [3.05, 3.63) is 11.6 Å². The van der Waals surface area contributed by atoms with E-state index in [0.29, 0.717) is 0 Å². The molecule has 0 unspecified atom stereocenters.